The minimum absolute atomic E-state index is 0.176. The summed E-state index contributed by atoms with van der Waals surface area (Å²) in [6.07, 6.45) is 10.7. The summed E-state index contributed by atoms with van der Waals surface area (Å²) in [5, 5.41) is 3.63. The number of amides is 1. The molecule has 1 saturated carbocycles. The summed E-state index contributed by atoms with van der Waals surface area (Å²) in [6, 6.07) is 0.708. The van der Waals surface area contributed by atoms with Gasteiger partial charge in [-0.05, 0) is 44.6 Å². The van der Waals surface area contributed by atoms with Crippen LogP contribution in [0.1, 0.15) is 64.7 Å². The molecule has 1 aliphatic carbocycles. The largest absolute Gasteiger partial charge is 0.370 e. The summed E-state index contributed by atoms with van der Waals surface area (Å²) in [5.41, 5.74) is 5.11. The minimum atomic E-state index is -0.176. The number of hydrogen-bond acceptors (Lipinski definition) is 2. The molecule has 2 unspecified atom stereocenters. The first-order valence-electron chi connectivity index (χ1n) is 7.24. The molecule has 100 valence electrons. The number of hydrogen-bond donors (Lipinski definition) is 2. The Morgan fingerprint density at radius 3 is 2.76 bits per heavy atom. The third-order valence-corrected chi connectivity index (χ3v) is 3.95. The van der Waals surface area contributed by atoms with Crippen molar-refractivity contribution in [3.63, 3.8) is 0 Å². The molecule has 3 N–H and O–H groups in total. The van der Waals surface area contributed by atoms with Gasteiger partial charge < -0.3 is 11.1 Å². The van der Waals surface area contributed by atoms with E-state index in [9.17, 15) is 4.79 Å². The van der Waals surface area contributed by atoms with E-state index in [1.54, 1.807) is 0 Å². The maximum atomic E-state index is 10.6. The number of carbonyl (C=O) groups is 1. The van der Waals surface area contributed by atoms with Gasteiger partial charge in [0.05, 0.1) is 0 Å². The summed E-state index contributed by atoms with van der Waals surface area (Å²) in [6.45, 7) is 3.34. The third kappa shape index (κ3) is 6.67. The van der Waals surface area contributed by atoms with Gasteiger partial charge in [0.25, 0.3) is 0 Å². The molecule has 0 aromatic carbocycles. The van der Waals surface area contributed by atoms with Crippen LogP contribution in [0.2, 0.25) is 0 Å². The van der Waals surface area contributed by atoms with Gasteiger partial charge in [0.1, 0.15) is 0 Å². The first-order chi connectivity index (χ1) is 8.22. The molecule has 1 fully saturated rings. The number of nitrogens with one attached hydrogen (secondary N) is 1. The first-order valence-corrected chi connectivity index (χ1v) is 7.24. The normalized spacial score (nSPS) is 25.5. The molecule has 0 saturated heterocycles. The SMILES string of the molecule is CCC1CCCC(NCCCCC(N)=O)CC1. The molecule has 1 rings (SSSR count). The molecule has 0 radical (unpaired) electrons. The van der Waals surface area contributed by atoms with Crippen LogP contribution in [0.5, 0.6) is 0 Å². The van der Waals surface area contributed by atoms with E-state index in [4.69, 9.17) is 5.73 Å². The van der Waals surface area contributed by atoms with Crippen LogP contribution in [0.25, 0.3) is 0 Å². The number of nitrogens with two attached hydrogens (primary N) is 1. The van der Waals surface area contributed by atoms with Crippen LogP contribution in [0.3, 0.4) is 0 Å². The van der Waals surface area contributed by atoms with Crippen LogP contribution >= 0.6 is 0 Å². The van der Waals surface area contributed by atoms with Crippen LogP contribution in [0.15, 0.2) is 0 Å². The van der Waals surface area contributed by atoms with Crippen molar-refractivity contribution in [2.24, 2.45) is 11.7 Å². The van der Waals surface area contributed by atoms with Crippen molar-refractivity contribution < 1.29 is 4.79 Å². The number of carbonyl (C=O) groups excluding carboxylic acids is 1. The lowest BCUT2D eigenvalue weighted by Crippen LogP contribution is -2.29. The Balaban J connectivity index is 2.05. The number of primary amides is 1. The van der Waals surface area contributed by atoms with Gasteiger partial charge in [0.2, 0.25) is 5.91 Å². The predicted octanol–water partition coefficient (Wildman–Crippen LogP) is 2.59. The molecule has 0 aromatic heterocycles. The molecule has 0 aromatic rings. The second kappa shape index (κ2) is 8.51. The highest BCUT2D eigenvalue weighted by Crippen LogP contribution is 2.25. The van der Waals surface area contributed by atoms with Crippen molar-refractivity contribution in [2.75, 3.05) is 6.54 Å². The van der Waals surface area contributed by atoms with Gasteiger partial charge in [-0.2, -0.15) is 0 Å². The van der Waals surface area contributed by atoms with Crippen LogP contribution < -0.4 is 11.1 Å². The van der Waals surface area contributed by atoms with Gasteiger partial charge in [-0.3, -0.25) is 4.79 Å². The van der Waals surface area contributed by atoms with Crippen LogP contribution in [0, 0.1) is 5.92 Å². The highest BCUT2D eigenvalue weighted by atomic mass is 16.1. The molecule has 3 nitrogen and oxygen atoms in total. The molecule has 0 heterocycles. The van der Waals surface area contributed by atoms with Crippen molar-refractivity contribution in [1.29, 1.82) is 0 Å². The zero-order valence-electron chi connectivity index (χ0n) is 11.2. The summed E-state index contributed by atoms with van der Waals surface area (Å²) in [4.78, 5) is 10.6. The molecule has 1 aliphatic rings. The van der Waals surface area contributed by atoms with E-state index in [1.807, 2.05) is 0 Å². The Hall–Kier alpha value is -0.570. The van der Waals surface area contributed by atoms with Crippen molar-refractivity contribution in [3.8, 4) is 0 Å². The average molecular weight is 240 g/mol. The van der Waals surface area contributed by atoms with E-state index >= 15 is 0 Å². The molecular weight excluding hydrogens is 212 g/mol. The van der Waals surface area contributed by atoms with Gasteiger partial charge in [-0.15, -0.1) is 0 Å². The molecule has 3 heteroatoms. The standard InChI is InChI=1S/C14H28N2O/c1-2-12-6-5-7-13(10-9-12)16-11-4-3-8-14(15)17/h12-13,16H,2-11H2,1H3,(H2,15,17). The molecule has 1 amide bonds. The lowest BCUT2D eigenvalue weighted by Gasteiger charge is -2.16. The number of rotatable bonds is 7. The zero-order chi connectivity index (χ0) is 12.5. The Kier molecular flexibility index (Phi) is 7.25. The molecule has 2 atom stereocenters. The zero-order valence-corrected chi connectivity index (χ0v) is 11.2. The van der Waals surface area contributed by atoms with Gasteiger partial charge in [0.15, 0.2) is 0 Å². The van der Waals surface area contributed by atoms with Crippen molar-refractivity contribution in [1.82, 2.24) is 5.32 Å². The summed E-state index contributed by atoms with van der Waals surface area (Å²) >= 11 is 0. The van der Waals surface area contributed by atoms with Gasteiger partial charge in [-0.1, -0.05) is 26.2 Å². The van der Waals surface area contributed by atoms with E-state index < -0.39 is 0 Å². The smallest absolute Gasteiger partial charge is 0.217 e. The minimum Gasteiger partial charge on any atom is -0.370 e. The van der Waals surface area contributed by atoms with Crippen LogP contribution in [-0.2, 0) is 4.79 Å². The molecular formula is C14H28N2O. The van der Waals surface area contributed by atoms with Crippen molar-refractivity contribution >= 4 is 5.91 Å². The Bertz CT molecular complexity index is 218. The Labute approximate surface area is 106 Å². The van der Waals surface area contributed by atoms with Crippen molar-refractivity contribution in [2.45, 2.75) is 70.8 Å². The maximum absolute atomic E-state index is 10.6. The van der Waals surface area contributed by atoms with Crippen LogP contribution in [-0.4, -0.2) is 18.5 Å². The summed E-state index contributed by atoms with van der Waals surface area (Å²) in [5.74, 6) is 0.780. The summed E-state index contributed by atoms with van der Waals surface area (Å²) < 4.78 is 0. The maximum Gasteiger partial charge on any atom is 0.217 e. The fourth-order valence-corrected chi connectivity index (χ4v) is 2.72. The molecule has 17 heavy (non-hydrogen) atoms. The van der Waals surface area contributed by atoms with Crippen molar-refractivity contribution in [3.05, 3.63) is 0 Å². The van der Waals surface area contributed by atoms with E-state index in [2.05, 4.69) is 12.2 Å². The highest BCUT2D eigenvalue weighted by Gasteiger charge is 2.16. The fraction of sp³-hybridized carbons (Fsp3) is 0.929. The highest BCUT2D eigenvalue weighted by molar-refractivity contribution is 5.73. The lowest BCUT2D eigenvalue weighted by atomic mass is 9.98. The quantitative estimate of drug-likeness (QED) is 0.531. The molecule has 0 spiro atoms. The molecule has 0 bridgehead atoms. The van der Waals surface area contributed by atoms with E-state index in [-0.39, 0.29) is 5.91 Å². The Morgan fingerprint density at radius 1 is 1.24 bits per heavy atom. The number of unbranched alkanes of at least 4 members (excludes halogenated alkanes) is 1. The predicted molar refractivity (Wildman–Crippen MR) is 71.7 cm³/mol. The molecule has 0 aliphatic heterocycles. The second-order valence-corrected chi connectivity index (χ2v) is 5.36. The Morgan fingerprint density at radius 2 is 2.06 bits per heavy atom. The van der Waals surface area contributed by atoms with E-state index in [0.29, 0.717) is 12.5 Å². The van der Waals surface area contributed by atoms with Crippen LogP contribution in [0.4, 0.5) is 0 Å². The first kappa shape index (κ1) is 14.5. The average Bonchev–Trinajstić information content (AvgIpc) is 2.53. The third-order valence-electron chi connectivity index (χ3n) is 3.95. The fourth-order valence-electron chi connectivity index (χ4n) is 2.72. The summed E-state index contributed by atoms with van der Waals surface area (Å²) in [7, 11) is 0. The second-order valence-electron chi connectivity index (χ2n) is 5.36. The topological polar surface area (TPSA) is 55.1 Å². The van der Waals surface area contributed by atoms with E-state index in [0.717, 1.165) is 25.3 Å². The van der Waals surface area contributed by atoms with Gasteiger partial charge >= 0.3 is 0 Å². The monoisotopic (exact) mass is 240 g/mol. The van der Waals surface area contributed by atoms with Gasteiger partial charge in [0, 0.05) is 12.5 Å². The van der Waals surface area contributed by atoms with Gasteiger partial charge in [-0.25, -0.2) is 0 Å². The lowest BCUT2D eigenvalue weighted by molar-refractivity contribution is -0.118. The van der Waals surface area contributed by atoms with E-state index in [1.165, 1.54) is 38.5 Å².